The Hall–Kier alpha value is -2.84. The first-order chi connectivity index (χ1) is 19.1. The molecule has 0 atom stereocenters. The Morgan fingerprint density at radius 1 is 0.950 bits per heavy atom. The Bertz CT molecular complexity index is 1350. The number of hydrogen-bond acceptors (Lipinski definition) is 1. The number of fused-ring (bicyclic) bond motifs is 1. The maximum atomic E-state index is 7.14. The van der Waals surface area contributed by atoms with Crippen molar-refractivity contribution in [1.82, 2.24) is 0 Å². The summed E-state index contributed by atoms with van der Waals surface area (Å²) < 4.78 is 2.47. The molecule has 0 amide bonds. The third-order valence-corrected chi connectivity index (χ3v) is 8.65. The second-order valence-electron chi connectivity index (χ2n) is 12.7. The van der Waals surface area contributed by atoms with Gasteiger partial charge in [0.1, 0.15) is 6.54 Å². The van der Waals surface area contributed by atoms with Crippen LogP contribution >= 0.6 is 11.6 Å². The molecule has 0 N–H and O–H groups in total. The van der Waals surface area contributed by atoms with Crippen molar-refractivity contribution in [3.63, 3.8) is 0 Å². The number of halogens is 1. The third kappa shape index (κ3) is 6.39. The van der Waals surface area contributed by atoms with Gasteiger partial charge in [-0.25, -0.2) is 0 Å². The SMILES string of the molecule is CCCN1/C(=C\C=C2/CCCC(/C=C/C(=[N+](CCC)c3ccccc3)C(C)(C)C)=C2Cl)C(C)(C)c2ccccc21. The lowest BCUT2D eigenvalue weighted by atomic mass is 9.83. The van der Waals surface area contributed by atoms with Crippen molar-refractivity contribution in [3.05, 3.63) is 106 Å². The molecule has 0 radical (unpaired) electrons. The zero-order valence-electron chi connectivity index (χ0n) is 25.7. The lowest BCUT2D eigenvalue weighted by molar-refractivity contribution is -0.443. The van der Waals surface area contributed by atoms with Crippen molar-refractivity contribution < 1.29 is 4.58 Å². The highest BCUT2D eigenvalue weighted by Crippen LogP contribution is 2.47. The van der Waals surface area contributed by atoms with Crippen molar-refractivity contribution in [2.24, 2.45) is 5.41 Å². The van der Waals surface area contributed by atoms with E-state index in [2.05, 4.69) is 137 Å². The minimum absolute atomic E-state index is 0.00189. The normalized spacial score (nSPS) is 20.1. The molecule has 0 saturated carbocycles. The maximum Gasteiger partial charge on any atom is 0.205 e. The summed E-state index contributed by atoms with van der Waals surface area (Å²) in [4.78, 5) is 2.50. The summed E-state index contributed by atoms with van der Waals surface area (Å²) in [5.41, 5.74) is 9.11. The van der Waals surface area contributed by atoms with Gasteiger partial charge in [-0.3, -0.25) is 0 Å². The summed E-state index contributed by atoms with van der Waals surface area (Å²) in [5.74, 6) is 0. The molecule has 2 nitrogen and oxygen atoms in total. The number of benzene rings is 2. The highest BCUT2D eigenvalue weighted by molar-refractivity contribution is 6.32. The molecule has 212 valence electrons. The Labute approximate surface area is 248 Å². The molecule has 1 heterocycles. The molecular weight excluding hydrogens is 508 g/mol. The van der Waals surface area contributed by atoms with Gasteiger partial charge in [-0.05, 0) is 54.5 Å². The number of hydrogen-bond donors (Lipinski definition) is 0. The van der Waals surface area contributed by atoms with Gasteiger partial charge in [-0.1, -0.05) is 109 Å². The first-order valence-corrected chi connectivity index (χ1v) is 15.5. The van der Waals surface area contributed by atoms with Gasteiger partial charge in [0.05, 0.1) is 0 Å². The summed E-state index contributed by atoms with van der Waals surface area (Å²) >= 11 is 7.14. The van der Waals surface area contributed by atoms with Crippen LogP contribution < -0.4 is 4.90 Å². The lowest BCUT2D eigenvalue weighted by Gasteiger charge is -2.27. The van der Waals surface area contributed by atoms with E-state index in [9.17, 15) is 0 Å². The van der Waals surface area contributed by atoms with Crippen molar-refractivity contribution in [3.8, 4) is 0 Å². The van der Waals surface area contributed by atoms with Gasteiger partial charge >= 0.3 is 0 Å². The molecule has 1 aliphatic heterocycles. The summed E-state index contributed by atoms with van der Waals surface area (Å²) in [5, 5.41) is 0.921. The third-order valence-electron chi connectivity index (χ3n) is 8.16. The molecule has 2 aromatic rings. The fourth-order valence-corrected chi connectivity index (χ4v) is 6.45. The van der Waals surface area contributed by atoms with Gasteiger partial charge in [0.15, 0.2) is 5.71 Å². The molecule has 3 heteroatoms. The highest BCUT2D eigenvalue weighted by Gasteiger charge is 2.39. The van der Waals surface area contributed by atoms with Crippen LogP contribution in [0.25, 0.3) is 0 Å². The largest absolute Gasteiger partial charge is 0.344 e. The number of rotatable bonds is 8. The Kier molecular flexibility index (Phi) is 9.62. The summed E-state index contributed by atoms with van der Waals surface area (Å²) in [6, 6.07) is 19.6. The van der Waals surface area contributed by atoms with Gasteiger partial charge in [0.25, 0.3) is 0 Å². The predicted octanol–water partition coefficient (Wildman–Crippen LogP) is 10.5. The second-order valence-corrected chi connectivity index (χ2v) is 13.1. The number of allylic oxidation sites excluding steroid dienone is 8. The number of para-hydroxylation sites is 2. The Morgan fingerprint density at radius 3 is 2.33 bits per heavy atom. The summed E-state index contributed by atoms with van der Waals surface area (Å²) in [6.07, 6.45) is 14.6. The lowest BCUT2D eigenvalue weighted by Crippen LogP contribution is -2.28. The van der Waals surface area contributed by atoms with Crippen molar-refractivity contribution >= 4 is 28.7 Å². The van der Waals surface area contributed by atoms with E-state index < -0.39 is 0 Å². The Morgan fingerprint density at radius 2 is 1.65 bits per heavy atom. The first kappa shape index (κ1) is 30.1. The zero-order valence-corrected chi connectivity index (χ0v) is 26.5. The van der Waals surface area contributed by atoms with Gasteiger partial charge in [0, 0.05) is 58.4 Å². The van der Waals surface area contributed by atoms with E-state index in [-0.39, 0.29) is 10.8 Å². The van der Waals surface area contributed by atoms with Crippen LogP contribution in [0.5, 0.6) is 0 Å². The zero-order chi connectivity index (χ0) is 28.9. The van der Waals surface area contributed by atoms with Gasteiger partial charge in [0.2, 0.25) is 5.69 Å². The maximum absolute atomic E-state index is 7.14. The highest BCUT2D eigenvalue weighted by atomic mass is 35.5. The second kappa shape index (κ2) is 12.8. The van der Waals surface area contributed by atoms with Crippen LogP contribution in [0.1, 0.15) is 86.1 Å². The van der Waals surface area contributed by atoms with Crippen molar-refractivity contribution in [1.29, 1.82) is 0 Å². The predicted molar refractivity (Wildman–Crippen MR) is 175 cm³/mol. The van der Waals surface area contributed by atoms with Crippen LogP contribution in [0.2, 0.25) is 0 Å². The quantitative estimate of drug-likeness (QED) is 0.232. The van der Waals surface area contributed by atoms with Crippen molar-refractivity contribution in [2.75, 3.05) is 18.0 Å². The first-order valence-electron chi connectivity index (χ1n) is 15.1. The molecular formula is C37H48ClN2+. The molecule has 0 fully saturated rings. The average molecular weight is 556 g/mol. The van der Waals surface area contributed by atoms with E-state index in [1.807, 2.05) is 0 Å². The minimum Gasteiger partial charge on any atom is -0.344 e. The van der Waals surface area contributed by atoms with Crippen LogP contribution in [0.15, 0.2) is 101 Å². The Balaban J connectivity index is 1.72. The average Bonchev–Trinajstić information content (AvgIpc) is 3.14. The van der Waals surface area contributed by atoms with Crippen LogP contribution in [0.4, 0.5) is 11.4 Å². The van der Waals surface area contributed by atoms with Gasteiger partial charge < -0.3 is 4.90 Å². The topological polar surface area (TPSA) is 6.25 Å². The minimum atomic E-state index is -0.0346. The van der Waals surface area contributed by atoms with Gasteiger partial charge in [-0.2, -0.15) is 4.58 Å². The molecule has 0 unspecified atom stereocenters. The van der Waals surface area contributed by atoms with E-state index in [1.54, 1.807) is 0 Å². The fraction of sp³-hybridized carbons (Fsp3) is 0.432. The molecule has 40 heavy (non-hydrogen) atoms. The van der Waals surface area contributed by atoms with Crippen LogP contribution in [-0.4, -0.2) is 23.4 Å². The number of anilines is 1. The molecule has 0 saturated heterocycles. The molecule has 4 rings (SSSR count). The van der Waals surface area contributed by atoms with Crippen LogP contribution in [0.3, 0.4) is 0 Å². The molecule has 0 aromatic heterocycles. The van der Waals surface area contributed by atoms with E-state index in [4.69, 9.17) is 11.6 Å². The summed E-state index contributed by atoms with van der Waals surface area (Å²) in [6.45, 7) is 18.1. The fourth-order valence-electron chi connectivity index (χ4n) is 6.14. The molecule has 0 bridgehead atoms. The monoisotopic (exact) mass is 555 g/mol. The van der Waals surface area contributed by atoms with E-state index in [1.165, 1.54) is 39.5 Å². The molecule has 1 aliphatic carbocycles. The van der Waals surface area contributed by atoms with Gasteiger partial charge in [-0.15, -0.1) is 0 Å². The van der Waals surface area contributed by atoms with Crippen LogP contribution in [0, 0.1) is 5.41 Å². The molecule has 2 aromatic carbocycles. The van der Waals surface area contributed by atoms with Crippen LogP contribution in [-0.2, 0) is 5.41 Å². The molecule has 0 spiro atoms. The van der Waals surface area contributed by atoms with E-state index >= 15 is 0 Å². The summed E-state index contributed by atoms with van der Waals surface area (Å²) in [7, 11) is 0. The number of nitrogens with zero attached hydrogens (tertiary/aromatic N) is 2. The molecule has 2 aliphatic rings. The van der Waals surface area contributed by atoms with Crippen molar-refractivity contribution in [2.45, 2.75) is 86.0 Å². The van der Waals surface area contributed by atoms with E-state index in [0.29, 0.717) is 0 Å². The van der Waals surface area contributed by atoms with E-state index in [0.717, 1.165) is 50.2 Å². The smallest absolute Gasteiger partial charge is 0.205 e. The standard InChI is InChI=1S/C37H48ClN2/c1-8-26-39(30-18-11-10-12-19-30)33(36(3,4)5)24-22-28-16-15-17-29(35(28)38)23-25-34-37(6,7)31-20-13-14-21-32(31)40(34)27-9-2/h10-14,18-25H,8-9,15-17,26-27H2,1-7H3/q+1.